The summed E-state index contributed by atoms with van der Waals surface area (Å²) in [7, 11) is 0. The van der Waals surface area contributed by atoms with Crippen LogP contribution in [0.2, 0.25) is 0 Å². The molecule has 1 amide bonds. The molecule has 0 fully saturated rings. The van der Waals surface area contributed by atoms with Gasteiger partial charge in [-0.1, -0.05) is 50.6 Å². The van der Waals surface area contributed by atoms with Gasteiger partial charge in [0.1, 0.15) is 5.69 Å². The third-order valence-corrected chi connectivity index (χ3v) is 4.20. The quantitative estimate of drug-likeness (QED) is 0.681. The summed E-state index contributed by atoms with van der Waals surface area (Å²) in [5.41, 5.74) is 4.40. The zero-order valence-corrected chi connectivity index (χ0v) is 16.1. The SMILES string of the molecule is Cc1ccc(NC(=O)c2ccnc(Nc3ccc(C(C)(C)C)cc3)n2)cc1. The van der Waals surface area contributed by atoms with Gasteiger partial charge in [-0.2, -0.15) is 0 Å². The zero-order valence-electron chi connectivity index (χ0n) is 16.1. The molecule has 0 aliphatic carbocycles. The molecule has 2 N–H and O–H groups in total. The number of benzene rings is 2. The van der Waals surface area contributed by atoms with Crippen molar-refractivity contribution >= 4 is 23.2 Å². The minimum Gasteiger partial charge on any atom is -0.324 e. The number of carbonyl (C=O) groups excluding carboxylic acids is 1. The molecule has 0 saturated carbocycles. The molecule has 0 unspecified atom stereocenters. The van der Waals surface area contributed by atoms with Crippen LogP contribution in [0.4, 0.5) is 17.3 Å². The summed E-state index contributed by atoms with van der Waals surface area (Å²) >= 11 is 0. The molecule has 0 saturated heterocycles. The van der Waals surface area contributed by atoms with E-state index >= 15 is 0 Å². The van der Waals surface area contributed by atoms with Crippen molar-refractivity contribution in [1.29, 1.82) is 0 Å². The number of hydrogen-bond donors (Lipinski definition) is 2. The maximum atomic E-state index is 12.4. The number of aromatic nitrogens is 2. The molecule has 5 nitrogen and oxygen atoms in total. The molecular weight excluding hydrogens is 336 g/mol. The van der Waals surface area contributed by atoms with Gasteiger partial charge in [0.2, 0.25) is 5.95 Å². The molecular formula is C22H24N4O. The van der Waals surface area contributed by atoms with Gasteiger partial charge in [-0.3, -0.25) is 4.79 Å². The first kappa shape index (κ1) is 18.6. The standard InChI is InChI=1S/C22H24N4O/c1-15-5-9-17(10-6-15)24-20(27)19-13-14-23-21(26-19)25-18-11-7-16(8-12-18)22(2,3)4/h5-14H,1-4H3,(H,24,27)(H,23,25,26). The maximum Gasteiger partial charge on any atom is 0.274 e. The van der Waals surface area contributed by atoms with Gasteiger partial charge < -0.3 is 10.6 Å². The number of anilines is 3. The van der Waals surface area contributed by atoms with Crippen molar-refractivity contribution < 1.29 is 4.79 Å². The van der Waals surface area contributed by atoms with Gasteiger partial charge in [0, 0.05) is 17.6 Å². The molecule has 1 aromatic heterocycles. The average molecular weight is 360 g/mol. The highest BCUT2D eigenvalue weighted by molar-refractivity contribution is 6.03. The third kappa shape index (κ3) is 4.91. The second-order valence-electron chi connectivity index (χ2n) is 7.54. The van der Waals surface area contributed by atoms with Crippen LogP contribution in [-0.4, -0.2) is 15.9 Å². The Labute approximate surface area is 159 Å². The van der Waals surface area contributed by atoms with Crippen LogP contribution >= 0.6 is 0 Å². The Kier molecular flexibility index (Phi) is 5.21. The summed E-state index contributed by atoms with van der Waals surface area (Å²) in [5.74, 6) is 0.113. The molecule has 0 aliphatic heterocycles. The highest BCUT2D eigenvalue weighted by Crippen LogP contribution is 2.24. The van der Waals surface area contributed by atoms with Gasteiger partial charge >= 0.3 is 0 Å². The molecule has 0 bridgehead atoms. The van der Waals surface area contributed by atoms with Crippen molar-refractivity contribution in [2.45, 2.75) is 33.1 Å². The predicted molar refractivity (Wildman–Crippen MR) is 110 cm³/mol. The largest absolute Gasteiger partial charge is 0.324 e. The fourth-order valence-corrected chi connectivity index (χ4v) is 2.56. The van der Waals surface area contributed by atoms with E-state index in [2.05, 4.69) is 53.5 Å². The van der Waals surface area contributed by atoms with Crippen molar-refractivity contribution in [3.63, 3.8) is 0 Å². The molecule has 5 heteroatoms. The van der Waals surface area contributed by atoms with Crippen LogP contribution in [-0.2, 0) is 5.41 Å². The Hall–Kier alpha value is -3.21. The van der Waals surface area contributed by atoms with Crippen LogP contribution in [0, 0.1) is 6.92 Å². The van der Waals surface area contributed by atoms with Gasteiger partial charge in [-0.05, 0) is 48.2 Å². The van der Waals surface area contributed by atoms with Gasteiger partial charge in [0.15, 0.2) is 0 Å². The summed E-state index contributed by atoms with van der Waals surface area (Å²) in [6.45, 7) is 8.53. The highest BCUT2D eigenvalue weighted by Gasteiger charge is 2.13. The number of nitrogens with zero attached hydrogens (tertiary/aromatic N) is 2. The number of nitrogens with one attached hydrogen (secondary N) is 2. The zero-order chi connectivity index (χ0) is 19.4. The van der Waals surface area contributed by atoms with Crippen molar-refractivity contribution in [2.24, 2.45) is 0 Å². The summed E-state index contributed by atoms with van der Waals surface area (Å²) in [4.78, 5) is 21.0. The summed E-state index contributed by atoms with van der Waals surface area (Å²) in [6, 6.07) is 17.4. The Morgan fingerprint density at radius 2 is 1.52 bits per heavy atom. The van der Waals surface area contributed by atoms with Crippen molar-refractivity contribution in [3.8, 4) is 0 Å². The lowest BCUT2D eigenvalue weighted by Gasteiger charge is -2.19. The van der Waals surface area contributed by atoms with Gasteiger partial charge in [0.25, 0.3) is 5.91 Å². The molecule has 0 spiro atoms. The molecule has 2 aromatic carbocycles. The van der Waals surface area contributed by atoms with Crippen LogP contribution in [0.5, 0.6) is 0 Å². The summed E-state index contributed by atoms with van der Waals surface area (Å²) < 4.78 is 0. The minimum atomic E-state index is -0.271. The van der Waals surface area contributed by atoms with Gasteiger partial charge in [0.05, 0.1) is 0 Å². The van der Waals surface area contributed by atoms with E-state index in [1.807, 2.05) is 43.3 Å². The number of aryl methyl sites for hydroxylation is 1. The Morgan fingerprint density at radius 3 is 2.15 bits per heavy atom. The van der Waals surface area contributed by atoms with Crippen LogP contribution in [0.15, 0.2) is 60.8 Å². The van der Waals surface area contributed by atoms with E-state index in [9.17, 15) is 4.79 Å². The number of hydrogen-bond acceptors (Lipinski definition) is 4. The molecule has 0 radical (unpaired) electrons. The minimum absolute atomic E-state index is 0.100. The fraction of sp³-hybridized carbons (Fsp3) is 0.227. The van der Waals surface area contributed by atoms with Crippen LogP contribution < -0.4 is 10.6 Å². The second-order valence-corrected chi connectivity index (χ2v) is 7.54. The van der Waals surface area contributed by atoms with Crippen molar-refractivity contribution in [2.75, 3.05) is 10.6 Å². The monoisotopic (exact) mass is 360 g/mol. The number of rotatable bonds is 4. The topological polar surface area (TPSA) is 66.9 Å². The molecule has 27 heavy (non-hydrogen) atoms. The van der Waals surface area contributed by atoms with E-state index in [-0.39, 0.29) is 11.3 Å². The summed E-state index contributed by atoms with van der Waals surface area (Å²) in [6.07, 6.45) is 1.57. The number of carbonyl (C=O) groups is 1. The van der Waals surface area contributed by atoms with Crippen LogP contribution in [0.25, 0.3) is 0 Å². The molecule has 3 rings (SSSR count). The van der Waals surface area contributed by atoms with Crippen LogP contribution in [0.1, 0.15) is 42.4 Å². The fourth-order valence-electron chi connectivity index (χ4n) is 2.56. The van der Waals surface area contributed by atoms with E-state index < -0.39 is 0 Å². The second kappa shape index (κ2) is 7.58. The first-order chi connectivity index (χ1) is 12.8. The lowest BCUT2D eigenvalue weighted by molar-refractivity contribution is 0.102. The first-order valence-electron chi connectivity index (χ1n) is 8.90. The smallest absolute Gasteiger partial charge is 0.274 e. The van der Waals surface area contributed by atoms with Gasteiger partial charge in [-0.15, -0.1) is 0 Å². The molecule has 138 valence electrons. The summed E-state index contributed by atoms with van der Waals surface area (Å²) in [5, 5.41) is 5.99. The average Bonchev–Trinajstić information content (AvgIpc) is 2.63. The Morgan fingerprint density at radius 1 is 0.889 bits per heavy atom. The first-order valence-corrected chi connectivity index (χ1v) is 8.90. The van der Waals surface area contributed by atoms with Crippen LogP contribution in [0.3, 0.4) is 0 Å². The van der Waals surface area contributed by atoms with Gasteiger partial charge in [-0.25, -0.2) is 9.97 Å². The molecule has 1 heterocycles. The molecule has 0 aliphatic rings. The van der Waals surface area contributed by atoms with Crippen molar-refractivity contribution in [1.82, 2.24) is 9.97 Å². The van der Waals surface area contributed by atoms with Crippen molar-refractivity contribution in [3.05, 3.63) is 77.6 Å². The predicted octanol–water partition coefficient (Wildman–Crippen LogP) is 5.08. The Balaban J connectivity index is 1.71. The number of amides is 1. The normalized spacial score (nSPS) is 11.1. The van der Waals surface area contributed by atoms with E-state index in [1.54, 1.807) is 12.3 Å². The molecule has 3 aromatic rings. The Bertz CT molecular complexity index is 926. The van der Waals surface area contributed by atoms with E-state index in [1.165, 1.54) is 5.56 Å². The molecule has 0 atom stereocenters. The maximum absolute atomic E-state index is 12.4. The van der Waals surface area contributed by atoms with E-state index in [4.69, 9.17) is 0 Å². The van der Waals surface area contributed by atoms with E-state index in [0.717, 1.165) is 16.9 Å². The highest BCUT2D eigenvalue weighted by atomic mass is 16.1. The van der Waals surface area contributed by atoms with E-state index in [0.29, 0.717) is 11.6 Å². The third-order valence-electron chi connectivity index (χ3n) is 4.20. The lowest BCUT2D eigenvalue weighted by Crippen LogP contribution is -2.14. The lowest BCUT2D eigenvalue weighted by atomic mass is 9.87.